The Hall–Kier alpha value is -1.58. The summed E-state index contributed by atoms with van der Waals surface area (Å²) in [4.78, 5) is 24.6. The number of carbonyl (C=O) groups excluding carboxylic acids is 2. The molecule has 1 aliphatic heterocycles. The lowest BCUT2D eigenvalue weighted by Gasteiger charge is -2.33. The van der Waals surface area contributed by atoms with Crippen LogP contribution in [-0.2, 0) is 9.53 Å². The number of piperidine rings is 1. The van der Waals surface area contributed by atoms with E-state index in [2.05, 4.69) is 17.9 Å². The van der Waals surface area contributed by atoms with Gasteiger partial charge >= 0.3 is 6.09 Å². The molecule has 1 saturated heterocycles. The van der Waals surface area contributed by atoms with E-state index in [0.717, 1.165) is 0 Å². The third-order valence-corrected chi connectivity index (χ3v) is 2.48. The number of methoxy groups -OCH3 is 1. The van der Waals surface area contributed by atoms with Crippen LogP contribution in [0.25, 0.3) is 0 Å². The van der Waals surface area contributed by atoms with Gasteiger partial charge in [-0.15, -0.1) is 6.58 Å². The van der Waals surface area contributed by atoms with Gasteiger partial charge in [-0.05, 0) is 18.4 Å². The van der Waals surface area contributed by atoms with Crippen molar-refractivity contribution in [2.24, 2.45) is 0 Å². The normalized spacial score (nSPS) is 21.4. The molecule has 0 radical (unpaired) electrons. The van der Waals surface area contributed by atoms with Crippen molar-refractivity contribution in [3.8, 4) is 0 Å². The quantitative estimate of drug-likeness (QED) is 0.512. The van der Waals surface area contributed by atoms with E-state index in [4.69, 9.17) is 0 Å². The molecule has 4 heteroatoms. The summed E-state index contributed by atoms with van der Waals surface area (Å²) in [6.45, 7) is 7.74. The molecule has 1 fully saturated rings. The van der Waals surface area contributed by atoms with E-state index < -0.39 is 12.1 Å². The van der Waals surface area contributed by atoms with Gasteiger partial charge in [0.25, 0.3) is 0 Å². The Labute approximate surface area is 89.2 Å². The fourth-order valence-electron chi connectivity index (χ4n) is 1.64. The standard InChI is InChI=1S/C11H15NO3/c1-4-5-9-10(13)8(2)6-7-12(9)11(14)15-3/h4,9H,1-2,5-7H2,3H3. The van der Waals surface area contributed by atoms with Crippen LogP contribution >= 0.6 is 0 Å². The number of hydrogen-bond acceptors (Lipinski definition) is 3. The first kappa shape index (κ1) is 11.5. The van der Waals surface area contributed by atoms with Crippen molar-refractivity contribution in [3.05, 3.63) is 24.8 Å². The summed E-state index contributed by atoms with van der Waals surface area (Å²) in [5.74, 6) is -0.0912. The minimum Gasteiger partial charge on any atom is -0.453 e. The largest absolute Gasteiger partial charge is 0.453 e. The van der Waals surface area contributed by atoms with Crippen molar-refractivity contribution in [2.45, 2.75) is 18.9 Å². The summed E-state index contributed by atoms with van der Waals surface area (Å²) >= 11 is 0. The number of carbonyl (C=O) groups is 2. The highest BCUT2D eigenvalue weighted by Crippen LogP contribution is 2.20. The van der Waals surface area contributed by atoms with Crippen LogP contribution in [0.1, 0.15) is 12.8 Å². The number of ether oxygens (including phenoxy) is 1. The van der Waals surface area contributed by atoms with Crippen LogP contribution in [-0.4, -0.2) is 36.5 Å². The van der Waals surface area contributed by atoms with Crippen LogP contribution < -0.4 is 0 Å². The first-order valence-corrected chi connectivity index (χ1v) is 4.79. The Bertz CT molecular complexity index is 309. The number of Topliss-reactive ketones (excluding diaryl/α,β-unsaturated/α-hetero) is 1. The van der Waals surface area contributed by atoms with Gasteiger partial charge in [0.2, 0.25) is 0 Å². The molecule has 82 valence electrons. The Morgan fingerprint density at radius 1 is 1.73 bits per heavy atom. The fraction of sp³-hybridized carbons (Fsp3) is 0.455. The molecule has 0 aliphatic carbocycles. The molecule has 4 nitrogen and oxygen atoms in total. The second-order valence-electron chi connectivity index (χ2n) is 3.42. The molecule has 0 saturated carbocycles. The van der Waals surface area contributed by atoms with Crippen molar-refractivity contribution in [3.63, 3.8) is 0 Å². The molecule has 0 N–H and O–H groups in total. The zero-order chi connectivity index (χ0) is 11.4. The predicted octanol–water partition coefficient (Wildman–Crippen LogP) is 1.53. The van der Waals surface area contributed by atoms with Gasteiger partial charge in [0.1, 0.15) is 6.04 Å². The van der Waals surface area contributed by atoms with Crippen LogP contribution in [0.5, 0.6) is 0 Å². The van der Waals surface area contributed by atoms with Crippen LogP contribution in [0.2, 0.25) is 0 Å². The lowest BCUT2D eigenvalue weighted by atomic mass is 9.94. The summed E-state index contributed by atoms with van der Waals surface area (Å²) < 4.78 is 4.62. The maximum atomic E-state index is 11.7. The van der Waals surface area contributed by atoms with Crippen molar-refractivity contribution in [1.82, 2.24) is 4.90 Å². The number of hydrogen-bond donors (Lipinski definition) is 0. The van der Waals surface area contributed by atoms with Crippen LogP contribution in [0, 0.1) is 0 Å². The van der Waals surface area contributed by atoms with E-state index in [1.54, 1.807) is 6.08 Å². The van der Waals surface area contributed by atoms with Gasteiger partial charge in [0.15, 0.2) is 5.78 Å². The van der Waals surface area contributed by atoms with Crippen molar-refractivity contribution in [1.29, 1.82) is 0 Å². The van der Waals surface area contributed by atoms with E-state index in [0.29, 0.717) is 25.0 Å². The summed E-state index contributed by atoms with van der Waals surface area (Å²) in [5.41, 5.74) is 0.571. The SMILES string of the molecule is C=CCC1C(=O)C(=C)CCN1C(=O)OC. The van der Waals surface area contributed by atoms with E-state index >= 15 is 0 Å². The molecule has 0 aromatic rings. The molecule has 0 aromatic carbocycles. The third-order valence-electron chi connectivity index (χ3n) is 2.48. The van der Waals surface area contributed by atoms with Crippen LogP contribution in [0.4, 0.5) is 4.79 Å². The molecule has 1 aliphatic rings. The van der Waals surface area contributed by atoms with Gasteiger partial charge < -0.3 is 4.74 Å². The maximum absolute atomic E-state index is 11.7. The molecule has 1 heterocycles. The number of ketones is 1. The summed E-state index contributed by atoms with van der Waals surface area (Å²) in [6.07, 6.45) is 2.11. The molecule has 1 rings (SSSR count). The second kappa shape index (κ2) is 4.77. The molecule has 0 aromatic heterocycles. The number of amides is 1. The van der Waals surface area contributed by atoms with Gasteiger partial charge in [-0.2, -0.15) is 0 Å². The number of likely N-dealkylation sites (tertiary alicyclic amines) is 1. The predicted molar refractivity (Wildman–Crippen MR) is 56.5 cm³/mol. The van der Waals surface area contributed by atoms with Gasteiger partial charge in [-0.25, -0.2) is 4.79 Å². The first-order valence-electron chi connectivity index (χ1n) is 4.79. The molecule has 0 bridgehead atoms. The zero-order valence-corrected chi connectivity index (χ0v) is 8.86. The zero-order valence-electron chi connectivity index (χ0n) is 8.86. The molecule has 1 atom stereocenters. The third kappa shape index (κ3) is 2.26. The minimum atomic E-state index is -0.490. The molecule has 0 spiro atoms. The lowest BCUT2D eigenvalue weighted by Crippen LogP contribution is -2.49. The smallest absolute Gasteiger partial charge is 0.410 e. The Morgan fingerprint density at radius 2 is 2.40 bits per heavy atom. The van der Waals surface area contributed by atoms with Crippen molar-refractivity contribution >= 4 is 11.9 Å². The van der Waals surface area contributed by atoms with Crippen molar-refractivity contribution < 1.29 is 14.3 Å². The van der Waals surface area contributed by atoms with Gasteiger partial charge in [0, 0.05) is 6.54 Å². The highest BCUT2D eigenvalue weighted by molar-refractivity contribution is 6.01. The topological polar surface area (TPSA) is 46.6 Å². The monoisotopic (exact) mass is 209 g/mol. The first-order chi connectivity index (χ1) is 7.11. The van der Waals surface area contributed by atoms with Gasteiger partial charge in [-0.3, -0.25) is 9.69 Å². The molecular formula is C11H15NO3. The summed E-state index contributed by atoms with van der Waals surface area (Å²) in [5, 5.41) is 0. The average molecular weight is 209 g/mol. The summed E-state index contributed by atoms with van der Waals surface area (Å²) in [6, 6.07) is -0.490. The Kier molecular flexibility index (Phi) is 3.66. The Morgan fingerprint density at radius 3 is 2.93 bits per heavy atom. The number of nitrogens with zero attached hydrogens (tertiary/aromatic N) is 1. The van der Waals surface area contributed by atoms with Gasteiger partial charge in [-0.1, -0.05) is 12.7 Å². The van der Waals surface area contributed by atoms with E-state index in [-0.39, 0.29) is 5.78 Å². The minimum absolute atomic E-state index is 0.0912. The number of rotatable bonds is 2. The second-order valence-corrected chi connectivity index (χ2v) is 3.42. The van der Waals surface area contributed by atoms with Crippen LogP contribution in [0.3, 0.4) is 0 Å². The molecule has 1 unspecified atom stereocenters. The van der Waals surface area contributed by atoms with E-state index in [1.165, 1.54) is 12.0 Å². The highest BCUT2D eigenvalue weighted by atomic mass is 16.5. The Balaban J connectivity index is 2.86. The molecular weight excluding hydrogens is 194 g/mol. The lowest BCUT2D eigenvalue weighted by molar-refractivity contribution is -0.121. The highest BCUT2D eigenvalue weighted by Gasteiger charge is 2.34. The fourth-order valence-corrected chi connectivity index (χ4v) is 1.64. The maximum Gasteiger partial charge on any atom is 0.410 e. The van der Waals surface area contributed by atoms with Gasteiger partial charge in [0.05, 0.1) is 7.11 Å². The van der Waals surface area contributed by atoms with E-state index in [1.807, 2.05) is 0 Å². The summed E-state index contributed by atoms with van der Waals surface area (Å²) in [7, 11) is 1.31. The molecule has 15 heavy (non-hydrogen) atoms. The van der Waals surface area contributed by atoms with Crippen LogP contribution in [0.15, 0.2) is 24.8 Å². The van der Waals surface area contributed by atoms with E-state index in [9.17, 15) is 9.59 Å². The molecule has 1 amide bonds. The van der Waals surface area contributed by atoms with Crippen molar-refractivity contribution in [2.75, 3.05) is 13.7 Å². The average Bonchev–Trinajstić information content (AvgIpc) is 2.24.